The summed E-state index contributed by atoms with van der Waals surface area (Å²) in [5.74, 6) is 0.0239. The summed E-state index contributed by atoms with van der Waals surface area (Å²) in [7, 11) is 0. The third-order valence-corrected chi connectivity index (χ3v) is 3.46. The van der Waals surface area contributed by atoms with Crippen molar-refractivity contribution in [2.75, 3.05) is 5.01 Å². The van der Waals surface area contributed by atoms with Gasteiger partial charge in [0.25, 0.3) is 5.91 Å². The third-order valence-electron chi connectivity index (χ3n) is 3.46. The lowest BCUT2D eigenvalue weighted by molar-refractivity contribution is -0.116. The van der Waals surface area contributed by atoms with Crippen LogP contribution >= 0.6 is 0 Å². The number of hydrogen-bond acceptors (Lipinski definition) is 2. The zero-order chi connectivity index (χ0) is 14.1. The van der Waals surface area contributed by atoms with Crippen LogP contribution in [0, 0.1) is 13.8 Å². The van der Waals surface area contributed by atoms with Crippen LogP contribution in [0.3, 0.4) is 0 Å². The molecule has 1 heterocycles. The molecule has 0 aromatic heterocycles. The average Bonchev–Trinajstić information content (AvgIpc) is 2.82. The molecular weight excluding hydrogens is 248 g/mol. The van der Waals surface area contributed by atoms with Crippen LogP contribution < -0.4 is 5.01 Å². The van der Waals surface area contributed by atoms with Crippen LogP contribution in [0.25, 0.3) is 0 Å². The zero-order valence-corrected chi connectivity index (χ0v) is 11.6. The van der Waals surface area contributed by atoms with E-state index >= 15 is 0 Å². The molecule has 20 heavy (non-hydrogen) atoms. The van der Waals surface area contributed by atoms with Crippen LogP contribution in [-0.2, 0) is 4.79 Å². The number of carbonyl (C=O) groups excluding carboxylic acids is 1. The van der Waals surface area contributed by atoms with E-state index in [9.17, 15) is 4.79 Å². The number of nitrogens with zero attached hydrogens (tertiary/aromatic N) is 2. The van der Waals surface area contributed by atoms with Gasteiger partial charge in [-0.3, -0.25) is 4.79 Å². The monoisotopic (exact) mass is 264 g/mol. The molecule has 100 valence electrons. The predicted octanol–water partition coefficient (Wildman–Crippen LogP) is 3.44. The Hall–Kier alpha value is -2.42. The van der Waals surface area contributed by atoms with Gasteiger partial charge in [0, 0.05) is 0 Å². The van der Waals surface area contributed by atoms with Gasteiger partial charge in [0.1, 0.15) is 0 Å². The fourth-order valence-electron chi connectivity index (χ4n) is 2.45. The molecule has 0 saturated carbocycles. The van der Waals surface area contributed by atoms with Gasteiger partial charge in [-0.1, -0.05) is 48.0 Å². The Labute approximate surface area is 118 Å². The van der Waals surface area contributed by atoms with Gasteiger partial charge in [-0.15, -0.1) is 0 Å². The average molecular weight is 264 g/mol. The van der Waals surface area contributed by atoms with Crippen molar-refractivity contribution in [3.05, 3.63) is 65.2 Å². The second-order valence-electron chi connectivity index (χ2n) is 5.08. The molecule has 0 N–H and O–H groups in total. The summed E-state index contributed by atoms with van der Waals surface area (Å²) < 4.78 is 0. The molecule has 0 spiro atoms. The van der Waals surface area contributed by atoms with E-state index < -0.39 is 0 Å². The van der Waals surface area contributed by atoms with Gasteiger partial charge in [-0.25, -0.2) is 0 Å². The highest BCUT2D eigenvalue weighted by molar-refractivity contribution is 6.19. The van der Waals surface area contributed by atoms with E-state index in [1.165, 1.54) is 10.6 Å². The lowest BCUT2D eigenvalue weighted by Crippen LogP contribution is -2.20. The Morgan fingerprint density at radius 1 is 1.05 bits per heavy atom. The van der Waals surface area contributed by atoms with Crippen LogP contribution in [-0.4, -0.2) is 11.6 Å². The summed E-state index contributed by atoms with van der Waals surface area (Å²) in [6, 6.07) is 15.9. The van der Waals surface area contributed by atoms with Crippen molar-refractivity contribution in [1.29, 1.82) is 0 Å². The van der Waals surface area contributed by atoms with E-state index in [1.807, 2.05) is 56.3 Å². The minimum absolute atomic E-state index is 0.0239. The fraction of sp³-hybridized carbons (Fsp3) is 0.176. The highest BCUT2D eigenvalue weighted by Crippen LogP contribution is 2.26. The van der Waals surface area contributed by atoms with Crippen molar-refractivity contribution in [3.8, 4) is 0 Å². The molecule has 1 amide bonds. The molecule has 2 aromatic rings. The first-order valence-corrected chi connectivity index (χ1v) is 6.68. The van der Waals surface area contributed by atoms with Crippen LogP contribution in [0.4, 0.5) is 5.69 Å². The normalized spacial score (nSPS) is 14.6. The molecule has 0 saturated heterocycles. The topological polar surface area (TPSA) is 32.7 Å². The molecule has 0 bridgehead atoms. The Kier molecular flexibility index (Phi) is 3.11. The van der Waals surface area contributed by atoms with E-state index in [2.05, 4.69) is 11.2 Å². The van der Waals surface area contributed by atoms with E-state index in [1.54, 1.807) is 0 Å². The summed E-state index contributed by atoms with van der Waals surface area (Å²) in [5.41, 5.74) is 4.96. The predicted molar refractivity (Wildman–Crippen MR) is 81.0 cm³/mol. The Morgan fingerprint density at radius 3 is 2.50 bits per heavy atom. The molecular formula is C17H16N2O. The van der Waals surface area contributed by atoms with Crippen molar-refractivity contribution >= 4 is 17.3 Å². The van der Waals surface area contributed by atoms with E-state index in [0.29, 0.717) is 6.42 Å². The molecule has 1 aliphatic heterocycles. The van der Waals surface area contributed by atoms with Gasteiger partial charge >= 0.3 is 0 Å². The van der Waals surface area contributed by atoms with Gasteiger partial charge in [-0.05, 0) is 31.0 Å². The number of anilines is 1. The molecule has 3 nitrogen and oxygen atoms in total. The summed E-state index contributed by atoms with van der Waals surface area (Å²) >= 11 is 0. The van der Waals surface area contributed by atoms with Crippen LogP contribution in [0.2, 0.25) is 0 Å². The number of carbonyl (C=O) groups is 1. The van der Waals surface area contributed by atoms with Crippen molar-refractivity contribution in [2.45, 2.75) is 20.3 Å². The van der Waals surface area contributed by atoms with Gasteiger partial charge < -0.3 is 0 Å². The molecule has 2 aromatic carbocycles. The maximum Gasteiger partial charge on any atom is 0.253 e. The van der Waals surface area contributed by atoms with Crippen molar-refractivity contribution < 1.29 is 4.79 Å². The molecule has 0 atom stereocenters. The van der Waals surface area contributed by atoms with Crippen LogP contribution in [0.5, 0.6) is 0 Å². The van der Waals surface area contributed by atoms with E-state index in [0.717, 1.165) is 22.5 Å². The maximum absolute atomic E-state index is 12.2. The van der Waals surface area contributed by atoms with Crippen molar-refractivity contribution in [3.63, 3.8) is 0 Å². The van der Waals surface area contributed by atoms with Crippen LogP contribution in [0.1, 0.15) is 23.1 Å². The maximum atomic E-state index is 12.2. The van der Waals surface area contributed by atoms with Crippen LogP contribution in [0.15, 0.2) is 53.6 Å². The number of aryl methyl sites for hydroxylation is 2. The van der Waals surface area contributed by atoms with Crippen molar-refractivity contribution in [2.24, 2.45) is 5.10 Å². The van der Waals surface area contributed by atoms with E-state index in [4.69, 9.17) is 0 Å². The molecule has 0 unspecified atom stereocenters. The van der Waals surface area contributed by atoms with Crippen molar-refractivity contribution in [1.82, 2.24) is 0 Å². The first-order chi connectivity index (χ1) is 9.65. The Bertz CT molecular complexity index is 689. The van der Waals surface area contributed by atoms with Gasteiger partial charge in [0.2, 0.25) is 0 Å². The Balaban J connectivity index is 1.98. The summed E-state index contributed by atoms with van der Waals surface area (Å²) in [5, 5.41) is 6.03. The van der Waals surface area contributed by atoms with Gasteiger partial charge in [0.15, 0.2) is 0 Å². The van der Waals surface area contributed by atoms with Gasteiger partial charge in [0.05, 0.1) is 17.8 Å². The fourth-order valence-corrected chi connectivity index (χ4v) is 2.45. The first kappa shape index (κ1) is 12.6. The highest BCUT2D eigenvalue weighted by atomic mass is 16.2. The lowest BCUT2D eigenvalue weighted by Gasteiger charge is -2.14. The lowest BCUT2D eigenvalue weighted by atomic mass is 10.1. The minimum Gasteiger partial charge on any atom is -0.272 e. The zero-order valence-electron chi connectivity index (χ0n) is 11.6. The molecule has 0 fully saturated rings. The molecule has 3 rings (SSSR count). The van der Waals surface area contributed by atoms with Gasteiger partial charge in [-0.2, -0.15) is 10.1 Å². The summed E-state index contributed by atoms with van der Waals surface area (Å²) in [6.45, 7) is 4.05. The first-order valence-electron chi connectivity index (χ1n) is 6.68. The number of hydrazone groups is 1. The number of benzene rings is 2. The quantitative estimate of drug-likeness (QED) is 0.817. The Morgan fingerprint density at radius 2 is 1.80 bits per heavy atom. The molecule has 3 heteroatoms. The standard InChI is InChI=1S/C17H16N2O/c1-12-8-9-16(13(2)10-12)19-17(20)11-15(18-19)14-6-4-3-5-7-14/h3-10H,11H2,1-2H3. The number of amides is 1. The van der Waals surface area contributed by atoms with E-state index in [-0.39, 0.29) is 5.91 Å². The summed E-state index contributed by atoms with van der Waals surface area (Å²) in [4.78, 5) is 12.2. The number of rotatable bonds is 2. The molecule has 0 aliphatic carbocycles. The smallest absolute Gasteiger partial charge is 0.253 e. The second kappa shape index (κ2) is 4.93. The minimum atomic E-state index is 0.0239. The third kappa shape index (κ3) is 2.23. The summed E-state index contributed by atoms with van der Waals surface area (Å²) in [6.07, 6.45) is 0.358. The highest BCUT2D eigenvalue weighted by Gasteiger charge is 2.26. The SMILES string of the molecule is Cc1ccc(N2N=C(c3ccccc3)CC2=O)c(C)c1. The second-order valence-corrected chi connectivity index (χ2v) is 5.08. The largest absolute Gasteiger partial charge is 0.272 e. The number of hydrogen-bond donors (Lipinski definition) is 0. The molecule has 1 aliphatic rings. The molecule has 0 radical (unpaired) electrons.